The van der Waals surface area contributed by atoms with E-state index in [4.69, 9.17) is 10.5 Å². The minimum Gasteiger partial charge on any atom is -0.364 e. The molecule has 19 heavy (non-hydrogen) atoms. The second-order valence-corrected chi connectivity index (χ2v) is 6.44. The number of hydrogen-bond donors (Lipinski definition) is 2. The monoisotopic (exact) mass is 268 g/mol. The molecular weight excluding hydrogens is 240 g/mol. The smallest absolute Gasteiger partial charge is 0.249 e. The van der Waals surface area contributed by atoms with Crippen LogP contribution in [-0.4, -0.2) is 30.7 Å². The SMILES string of the molecule is CC(C)C1CCCC(NC(=O)[C@@H]2CC[C@H](CN)O2)C1. The van der Waals surface area contributed by atoms with Crippen molar-refractivity contribution in [2.45, 2.75) is 70.6 Å². The Morgan fingerprint density at radius 2 is 2.11 bits per heavy atom. The number of nitrogens with one attached hydrogen (secondary N) is 1. The van der Waals surface area contributed by atoms with Gasteiger partial charge in [0.2, 0.25) is 5.91 Å². The molecule has 0 aromatic heterocycles. The molecule has 4 nitrogen and oxygen atoms in total. The average molecular weight is 268 g/mol. The van der Waals surface area contributed by atoms with E-state index in [2.05, 4.69) is 19.2 Å². The average Bonchev–Trinajstić information content (AvgIpc) is 2.88. The Balaban J connectivity index is 1.79. The van der Waals surface area contributed by atoms with E-state index in [-0.39, 0.29) is 18.1 Å². The van der Waals surface area contributed by atoms with Crippen LogP contribution >= 0.6 is 0 Å². The standard InChI is InChI=1S/C15H28N2O2/c1-10(2)11-4-3-5-12(8-11)17-15(18)14-7-6-13(9-16)19-14/h10-14H,3-9,16H2,1-2H3,(H,17,18)/t11?,12?,13-,14+/m1/s1. The van der Waals surface area contributed by atoms with Crippen molar-refractivity contribution in [1.82, 2.24) is 5.32 Å². The Morgan fingerprint density at radius 3 is 2.74 bits per heavy atom. The minimum atomic E-state index is -0.270. The summed E-state index contributed by atoms with van der Waals surface area (Å²) in [7, 11) is 0. The molecule has 1 aliphatic carbocycles. The van der Waals surface area contributed by atoms with E-state index in [1.165, 1.54) is 12.8 Å². The molecule has 1 saturated carbocycles. The summed E-state index contributed by atoms with van der Waals surface area (Å²) in [6.07, 6.45) is 6.29. The third kappa shape index (κ3) is 3.93. The van der Waals surface area contributed by atoms with Gasteiger partial charge < -0.3 is 15.8 Å². The van der Waals surface area contributed by atoms with E-state index < -0.39 is 0 Å². The topological polar surface area (TPSA) is 64.4 Å². The molecule has 1 saturated heterocycles. The van der Waals surface area contributed by atoms with E-state index in [9.17, 15) is 4.79 Å². The zero-order valence-corrected chi connectivity index (χ0v) is 12.2. The van der Waals surface area contributed by atoms with Crippen molar-refractivity contribution in [2.75, 3.05) is 6.54 Å². The van der Waals surface area contributed by atoms with Crippen LogP contribution in [0.4, 0.5) is 0 Å². The highest BCUT2D eigenvalue weighted by atomic mass is 16.5. The molecule has 110 valence electrons. The zero-order chi connectivity index (χ0) is 13.8. The van der Waals surface area contributed by atoms with Gasteiger partial charge in [-0.25, -0.2) is 0 Å². The van der Waals surface area contributed by atoms with Gasteiger partial charge in [0.15, 0.2) is 0 Å². The third-order valence-corrected chi connectivity index (χ3v) is 4.67. The van der Waals surface area contributed by atoms with Crippen LogP contribution in [0.2, 0.25) is 0 Å². The minimum absolute atomic E-state index is 0.0744. The molecule has 1 amide bonds. The summed E-state index contributed by atoms with van der Waals surface area (Å²) in [5.74, 6) is 1.54. The summed E-state index contributed by atoms with van der Waals surface area (Å²) in [4.78, 5) is 12.2. The molecule has 1 aliphatic heterocycles. The van der Waals surface area contributed by atoms with Crippen molar-refractivity contribution in [1.29, 1.82) is 0 Å². The van der Waals surface area contributed by atoms with E-state index in [1.807, 2.05) is 0 Å². The van der Waals surface area contributed by atoms with Gasteiger partial charge in [-0.3, -0.25) is 4.79 Å². The van der Waals surface area contributed by atoms with Crippen LogP contribution in [0, 0.1) is 11.8 Å². The lowest BCUT2D eigenvalue weighted by atomic mass is 9.79. The van der Waals surface area contributed by atoms with Crippen LogP contribution in [0.25, 0.3) is 0 Å². The maximum absolute atomic E-state index is 12.2. The maximum atomic E-state index is 12.2. The molecule has 2 fully saturated rings. The van der Waals surface area contributed by atoms with Gasteiger partial charge in [0.1, 0.15) is 6.10 Å². The highest BCUT2D eigenvalue weighted by molar-refractivity contribution is 5.81. The van der Waals surface area contributed by atoms with E-state index in [0.717, 1.165) is 31.6 Å². The lowest BCUT2D eigenvalue weighted by Crippen LogP contribution is -2.44. The summed E-state index contributed by atoms with van der Waals surface area (Å²) >= 11 is 0. The van der Waals surface area contributed by atoms with E-state index in [0.29, 0.717) is 18.5 Å². The maximum Gasteiger partial charge on any atom is 0.249 e. The van der Waals surface area contributed by atoms with Gasteiger partial charge >= 0.3 is 0 Å². The van der Waals surface area contributed by atoms with Crippen LogP contribution < -0.4 is 11.1 Å². The quantitative estimate of drug-likeness (QED) is 0.817. The Morgan fingerprint density at radius 1 is 1.32 bits per heavy atom. The molecule has 0 spiro atoms. The fourth-order valence-electron chi connectivity index (χ4n) is 3.33. The van der Waals surface area contributed by atoms with Gasteiger partial charge in [0, 0.05) is 12.6 Å². The Labute approximate surface area is 116 Å². The van der Waals surface area contributed by atoms with Crippen LogP contribution in [0.3, 0.4) is 0 Å². The molecule has 0 aromatic carbocycles. The normalized spacial score (nSPS) is 35.6. The summed E-state index contributed by atoms with van der Waals surface area (Å²) in [5, 5.41) is 3.19. The molecule has 1 heterocycles. The number of nitrogens with two attached hydrogens (primary N) is 1. The Hall–Kier alpha value is -0.610. The molecule has 4 heteroatoms. The lowest BCUT2D eigenvalue weighted by molar-refractivity contribution is -0.132. The van der Waals surface area contributed by atoms with Crippen molar-refractivity contribution in [3.63, 3.8) is 0 Å². The summed E-state index contributed by atoms with van der Waals surface area (Å²) in [5.41, 5.74) is 5.58. The number of carbonyl (C=O) groups excluding carboxylic acids is 1. The molecule has 2 rings (SSSR count). The van der Waals surface area contributed by atoms with Gasteiger partial charge in [-0.15, -0.1) is 0 Å². The largest absolute Gasteiger partial charge is 0.364 e. The highest BCUT2D eigenvalue weighted by Crippen LogP contribution is 2.30. The fraction of sp³-hybridized carbons (Fsp3) is 0.933. The van der Waals surface area contributed by atoms with E-state index in [1.54, 1.807) is 0 Å². The molecule has 3 N–H and O–H groups in total. The Bertz CT molecular complexity index is 307. The molecule has 0 radical (unpaired) electrons. The van der Waals surface area contributed by atoms with Crippen molar-refractivity contribution < 1.29 is 9.53 Å². The summed E-state index contributed by atoms with van der Waals surface area (Å²) in [6, 6.07) is 0.342. The lowest BCUT2D eigenvalue weighted by Gasteiger charge is -2.32. The Kier molecular flexibility index (Phi) is 5.22. The summed E-state index contributed by atoms with van der Waals surface area (Å²) in [6.45, 7) is 5.07. The fourth-order valence-corrected chi connectivity index (χ4v) is 3.33. The third-order valence-electron chi connectivity index (χ3n) is 4.67. The zero-order valence-electron chi connectivity index (χ0n) is 12.2. The molecule has 0 bridgehead atoms. The first-order valence-electron chi connectivity index (χ1n) is 7.76. The number of ether oxygens (including phenoxy) is 1. The second-order valence-electron chi connectivity index (χ2n) is 6.44. The number of carbonyl (C=O) groups is 1. The predicted molar refractivity (Wildman–Crippen MR) is 75.7 cm³/mol. The van der Waals surface area contributed by atoms with Crippen molar-refractivity contribution in [3.8, 4) is 0 Å². The first-order chi connectivity index (χ1) is 9.10. The molecule has 2 unspecified atom stereocenters. The molecular formula is C15H28N2O2. The summed E-state index contributed by atoms with van der Waals surface area (Å²) < 4.78 is 5.65. The number of amides is 1. The van der Waals surface area contributed by atoms with Gasteiger partial charge in [0.25, 0.3) is 0 Å². The van der Waals surface area contributed by atoms with Gasteiger partial charge in [0.05, 0.1) is 6.10 Å². The van der Waals surface area contributed by atoms with Crippen LogP contribution in [0.1, 0.15) is 52.4 Å². The number of hydrogen-bond acceptors (Lipinski definition) is 3. The number of rotatable bonds is 4. The van der Waals surface area contributed by atoms with Gasteiger partial charge in [-0.05, 0) is 37.5 Å². The molecule has 0 aromatic rings. The second kappa shape index (κ2) is 6.71. The molecule has 2 aliphatic rings. The van der Waals surface area contributed by atoms with Crippen LogP contribution in [-0.2, 0) is 9.53 Å². The van der Waals surface area contributed by atoms with Gasteiger partial charge in [-0.2, -0.15) is 0 Å². The van der Waals surface area contributed by atoms with Crippen molar-refractivity contribution in [2.24, 2.45) is 17.6 Å². The van der Waals surface area contributed by atoms with Crippen molar-refractivity contribution >= 4 is 5.91 Å². The molecule has 4 atom stereocenters. The van der Waals surface area contributed by atoms with Crippen molar-refractivity contribution in [3.05, 3.63) is 0 Å². The first-order valence-corrected chi connectivity index (χ1v) is 7.76. The van der Waals surface area contributed by atoms with Gasteiger partial charge in [-0.1, -0.05) is 26.7 Å². The first kappa shape index (κ1) is 14.8. The van der Waals surface area contributed by atoms with Crippen LogP contribution in [0.15, 0.2) is 0 Å². The highest BCUT2D eigenvalue weighted by Gasteiger charge is 2.32. The predicted octanol–water partition coefficient (Wildman–Crippen LogP) is 1.82. The van der Waals surface area contributed by atoms with E-state index >= 15 is 0 Å². The van der Waals surface area contributed by atoms with Crippen LogP contribution in [0.5, 0.6) is 0 Å².